The summed E-state index contributed by atoms with van der Waals surface area (Å²) in [6.45, 7) is 3.46. The summed E-state index contributed by atoms with van der Waals surface area (Å²) >= 11 is 0. The number of carbonyl (C=O) groups is 2. The number of urea groups is 1. The molecule has 0 spiro atoms. The lowest BCUT2D eigenvalue weighted by Crippen LogP contribution is -2.34. The minimum atomic E-state index is -0.599. The summed E-state index contributed by atoms with van der Waals surface area (Å²) in [4.78, 5) is 25.4. The zero-order valence-corrected chi connectivity index (χ0v) is 12.2. The molecule has 0 saturated carbocycles. The highest BCUT2D eigenvalue weighted by atomic mass is 16.5. The minimum absolute atomic E-state index is 0.236. The van der Waals surface area contributed by atoms with Gasteiger partial charge in [0.25, 0.3) is 5.91 Å². The highest BCUT2D eigenvalue weighted by Gasteiger charge is 2.38. The topological polar surface area (TPSA) is 84.7 Å². The van der Waals surface area contributed by atoms with Gasteiger partial charge in [-0.15, -0.1) is 0 Å². The van der Waals surface area contributed by atoms with Crippen molar-refractivity contribution in [1.82, 2.24) is 10.2 Å². The number of nitrogens with two attached hydrogens (primary N) is 1. The summed E-state index contributed by atoms with van der Waals surface area (Å²) in [7, 11) is 0. The Labute approximate surface area is 124 Å². The molecule has 1 saturated heterocycles. The van der Waals surface area contributed by atoms with Crippen LogP contribution in [0.3, 0.4) is 0 Å². The second kappa shape index (κ2) is 7.19. The first kappa shape index (κ1) is 15.5. The number of benzene rings is 1. The first-order valence-corrected chi connectivity index (χ1v) is 7.16. The minimum Gasteiger partial charge on any atom is -0.378 e. The fraction of sp³-hybridized carbons (Fsp3) is 0.467. The third kappa shape index (κ3) is 3.59. The smallest absolute Gasteiger partial charge is 0.325 e. The molecule has 1 heterocycles. The fourth-order valence-corrected chi connectivity index (χ4v) is 2.24. The van der Waals surface area contributed by atoms with Crippen molar-refractivity contribution < 1.29 is 14.3 Å². The third-order valence-corrected chi connectivity index (χ3v) is 3.47. The van der Waals surface area contributed by atoms with Gasteiger partial charge in [0.1, 0.15) is 6.04 Å². The van der Waals surface area contributed by atoms with Gasteiger partial charge in [-0.1, -0.05) is 31.2 Å². The highest BCUT2D eigenvalue weighted by molar-refractivity contribution is 6.04. The lowest BCUT2D eigenvalue weighted by molar-refractivity contribution is -0.128. The largest absolute Gasteiger partial charge is 0.378 e. The maximum Gasteiger partial charge on any atom is 0.325 e. The molecule has 1 aliphatic rings. The first-order valence-electron chi connectivity index (χ1n) is 7.16. The van der Waals surface area contributed by atoms with Crippen molar-refractivity contribution in [2.24, 2.45) is 5.73 Å². The maximum absolute atomic E-state index is 12.3. The van der Waals surface area contributed by atoms with Crippen LogP contribution in [0, 0.1) is 0 Å². The van der Waals surface area contributed by atoms with Crippen LogP contribution >= 0.6 is 0 Å². The molecule has 0 radical (unpaired) electrons. The zero-order valence-electron chi connectivity index (χ0n) is 12.2. The van der Waals surface area contributed by atoms with E-state index in [0.29, 0.717) is 19.8 Å². The summed E-state index contributed by atoms with van der Waals surface area (Å²) in [5.74, 6) is -0.236. The highest BCUT2D eigenvalue weighted by Crippen LogP contribution is 2.22. The summed E-state index contributed by atoms with van der Waals surface area (Å²) < 4.78 is 5.21. The van der Waals surface area contributed by atoms with Crippen molar-refractivity contribution >= 4 is 11.9 Å². The molecule has 6 nitrogen and oxygen atoms in total. The van der Waals surface area contributed by atoms with Gasteiger partial charge in [0, 0.05) is 6.54 Å². The number of ether oxygens (including phenoxy) is 1. The van der Waals surface area contributed by atoms with Crippen molar-refractivity contribution in [2.75, 3.05) is 26.3 Å². The van der Waals surface area contributed by atoms with Crippen LogP contribution in [0.5, 0.6) is 0 Å². The van der Waals surface area contributed by atoms with E-state index in [4.69, 9.17) is 10.5 Å². The van der Waals surface area contributed by atoms with Crippen LogP contribution in [-0.2, 0) is 16.0 Å². The summed E-state index contributed by atoms with van der Waals surface area (Å²) in [6, 6.07) is 6.74. The molecule has 21 heavy (non-hydrogen) atoms. The molecule has 1 aliphatic heterocycles. The SMILES string of the molecule is CCc1ccc(C2NC(=O)N(CCOCCN)C2=O)cc1. The Morgan fingerprint density at radius 1 is 1.24 bits per heavy atom. The second-order valence-electron chi connectivity index (χ2n) is 4.87. The molecule has 3 amide bonds. The van der Waals surface area contributed by atoms with Crippen molar-refractivity contribution in [3.05, 3.63) is 35.4 Å². The number of carbonyl (C=O) groups excluding carboxylic acids is 2. The number of nitrogens with zero attached hydrogens (tertiary/aromatic N) is 1. The van der Waals surface area contributed by atoms with Gasteiger partial charge in [-0.05, 0) is 17.5 Å². The van der Waals surface area contributed by atoms with E-state index < -0.39 is 6.04 Å². The zero-order chi connectivity index (χ0) is 15.2. The third-order valence-electron chi connectivity index (χ3n) is 3.47. The molecule has 1 aromatic rings. The van der Waals surface area contributed by atoms with Crippen LogP contribution in [0.1, 0.15) is 24.1 Å². The van der Waals surface area contributed by atoms with Crippen LogP contribution in [0.4, 0.5) is 4.79 Å². The molecule has 0 aromatic heterocycles. The van der Waals surface area contributed by atoms with Crippen LogP contribution in [-0.4, -0.2) is 43.1 Å². The van der Waals surface area contributed by atoms with Crippen LogP contribution in [0.15, 0.2) is 24.3 Å². The Morgan fingerprint density at radius 2 is 1.95 bits per heavy atom. The van der Waals surface area contributed by atoms with E-state index in [1.165, 1.54) is 10.5 Å². The molecule has 1 fully saturated rings. The van der Waals surface area contributed by atoms with Crippen molar-refractivity contribution in [3.63, 3.8) is 0 Å². The maximum atomic E-state index is 12.3. The van der Waals surface area contributed by atoms with Gasteiger partial charge in [-0.2, -0.15) is 0 Å². The Bertz CT molecular complexity index is 501. The van der Waals surface area contributed by atoms with Crippen LogP contribution < -0.4 is 11.1 Å². The van der Waals surface area contributed by atoms with E-state index in [0.717, 1.165) is 12.0 Å². The number of nitrogens with one attached hydrogen (secondary N) is 1. The molecule has 0 aliphatic carbocycles. The first-order chi connectivity index (χ1) is 10.2. The predicted molar refractivity (Wildman–Crippen MR) is 78.7 cm³/mol. The number of hydrogen-bond acceptors (Lipinski definition) is 4. The van der Waals surface area contributed by atoms with Crippen molar-refractivity contribution in [3.8, 4) is 0 Å². The monoisotopic (exact) mass is 291 g/mol. The Morgan fingerprint density at radius 3 is 2.57 bits per heavy atom. The number of rotatable bonds is 7. The molecule has 1 unspecified atom stereocenters. The van der Waals surface area contributed by atoms with Gasteiger partial charge in [0.2, 0.25) is 0 Å². The molecule has 3 N–H and O–H groups in total. The van der Waals surface area contributed by atoms with Crippen LogP contribution in [0.25, 0.3) is 0 Å². The average Bonchev–Trinajstić information content (AvgIpc) is 2.79. The molecule has 2 rings (SSSR count). The molecular weight excluding hydrogens is 270 g/mol. The van der Waals surface area contributed by atoms with E-state index in [1.807, 2.05) is 24.3 Å². The van der Waals surface area contributed by atoms with Gasteiger partial charge >= 0.3 is 6.03 Å². The number of amides is 3. The van der Waals surface area contributed by atoms with Crippen LogP contribution in [0.2, 0.25) is 0 Å². The fourth-order valence-electron chi connectivity index (χ4n) is 2.24. The van der Waals surface area contributed by atoms with Gasteiger partial charge in [0.15, 0.2) is 0 Å². The lowest BCUT2D eigenvalue weighted by atomic mass is 10.0. The standard InChI is InChI=1S/C15H21N3O3/c1-2-11-3-5-12(6-4-11)13-14(19)18(15(20)17-13)8-10-21-9-7-16/h3-6,13H,2,7-10,16H2,1H3,(H,17,20). The Kier molecular flexibility index (Phi) is 5.30. The normalized spacial score (nSPS) is 18.2. The summed E-state index contributed by atoms with van der Waals surface area (Å²) in [6.07, 6.45) is 0.940. The quantitative estimate of drug-likeness (QED) is 0.575. The molecule has 1 aromatic carbocycles. The number of imide groups is 1. The Hall–Kier alpha value is -1.92. The summed E-state index contributed by atoms with van der Waals surface area (Å²) in [5.41, 5.74) is 7.31. The molecule has 0 bridgehead atoms. The van der Waals surface area contributed by atoms with E-state index >= 15 is 0 Å². The van der Waals surface area contributed by atoms with Gasteiger partial charge in [-0.3, -0.25) is 9.69 Å². The van der Waals surface area contributed by atoms with Gasteiger partial charge in [-0.25, -0.2) is 4.79 Å². The average molecular weight is 291 g/mol. The Balaban J connectivity index is 1.99. The number of aryl methyl sites for hydroxylation is 1. The predicted octanol–water partition coefficient (Wildman–Crippen LogP) is 0.817. The van der Waals surface area contributed by atoms with E-state index in [-0.39, 0.29) is 18.5 Å². The number of hydrogen-bond donors (Lipinski definition) is 2. The van der Waals surface area contributed by atoms with E-state index in [9.17, 15) is 9.59 Å². The second-order valence-corrected chi connectivity index (χ2v) is 4.87. The molecule has 114 valence electrons. The molecular formula is C15H21N3O3. The van der Waals surface area contributed by atoms with Gasteiger partial charge in [0.05, 0.1) is 19.8 Å². The summed E-state index contributed by atoms with van der Waals surface area (Å²) in [5, 5.41) is 2.71. The van der Waals surface area contributed by atoms with Crippen molar-refractivity contribution in [1.29, 1.82) is 0 Å². The van der Waals surface area contributed by atoms with E-state index in [2.05, 4.69) is 12.2 Å². The molecule has 1 atom stereocenters. The van der Waals surface area contributed by atoms with Crippen molar-refractivity contribution in [2.45, 2.75) is 19.4 Å². The lowest BCUT2D eigenvalue weighted by Gasteiger charge is -2.13. The van der Waals surface area contributed by atoms with Gasteiger partial charge < -0.3 is 15.8 Å². The molecule has 6 heteroatoms. The van der Waals surface area contributed by atoms with E-state index in [1.54, 1.807) is 0 Å².